The van der Waals surface area contributed by atoms with Crippen molar-refractivity contribution in [2.45, 2.75) is 32.4 Å². The van der Waals surface area contributed by atoms with Gasteiger partial charge in [0.1, 0.15) is 5.75 Å². The Kier molecular flexibility index (Phi) is 5.73. The van der Waals surface area contributed by atoms with Crippen LogP contribution in [0.25, 0.3) is 0 Å². The van der Waals surface area contributed by atoms with E-state index in [4.69, 9.17) is 4.74 Å². The molecular weight excluding hydrogens is 284 g/mol. The first-order valence-electron chi connectivity index (χ1n) is 7.07. The Morgan fingerprint density at radius 2 is 2.00 bits per heavy atom. The summed E-state index contributed by atoms with van der Waals surface area (Å²) in [6.07, 6.45) is 1.39. The molecule has 1 unspecified atom stereocenters. The number of nitrogens with one attached hydrogen (secondary N) is 1. The molecule has 0 saturated carbocycles. The van der Waals surface area contributed by atoms with E-state index in [-0.39, 0.29) is 0 Å². The molecule has 1 heterocycles. The van der Waals surface area contributed by atoms with E-state index in [0.29, 0.717) is 12.5 Å². The first-order chi connectivity index (χ1) is 10.1. The summed E-state index contributed by atoms with van der Waals surface area (Å²) < 4.78 is 5.11. The highest BCUT2D eigenvalue weighted by molar-refractivity contribution is 7.11. The standard InChI is InChI=1S/C16H22N2O2S/c1-11(2)16-18-9-14(21-16)8-17-10-15(19)12-4-6-13(20-3)7-5-12/h4-7,9,11,15,17,19H,8,10H2,1-3H3. The topological polar surface area (TPSA) is 54.4 Å². The highest BCUT2D eigenvalue weighted by atomic mass is 32.1. The van der Waals surface area contributed by atoms with Gasteiger partial charge < -0.3 is 15.2 Å². The number of ether oxygens (including phenoxy) is 1. The predicted molar refractivity (Wildman–Crippen MR) is 85.9 cm³/mol. The van der Waals surface area contributed by atoms with Crippen molar-refractivity contribution in [3.8, 4) is 5.75 Å². The molecule has 0 amide bonds. The maximum Gasteiger partial charge on any atom is 0.118 e. The zero-order valence-electron chi connectivity index (χ0n) is 12.7. The maximum atomic E-state index is 10.1. The van der Waals surface area contributed by atoms with Crippen LogP contribution in [0.3, 0.4) is 0 Å². The monoisotopic (exact) mass is 306 g/mol. The van der Waals surface area contributed by atoms with Gasteiger partial charge in [0.15, 0.2) is 0 Å². The van der Waals surface area contributed by atoms with Crippen LogP contribution in [0.15, 0.2) is 30.5 Å². The van der Waals surface area contributed by atoms with E-state index in [0.717, 1.165) is 22.9 Å². The Labute approximate surface area is 129 Å². The molecule has 0 fully saturated rings. The van der Waals surface area contributed by atoms with Gasteiger partial charge in [-0.05, 0) is 17.7 Å². The molecule has 1 atom stereocenters. The zero-order chi connectivity index (χ0) is 15.2. The molecule has 0 aliphatic heterocycles. The van der Waals surface area contributed by atoms with Crippen LogP contribution in [0.5, 0.6) is 5.75 Å². The highest BCUT2D eigenvalue weighted by Gasteiger charge is 2.09. The third-order valence-electron chi connectivity index (χ3n) is 3.20. The van der Waals surface area contributed by atoms with Crippen LogP contribution in [0.2, 0.25) is 0 Å². The van der Waals surface area contributed by atoms with E-state index in [2.05, 4.69) is 24.1 Å². The van der Waals surface area contributed by atoms with E-state index in [1.54, 1.807) is 18.4 Å². The minimum Gasteiger partial charge on any atom is -0.497 e. The smallest absolute Gasteiger partial charge is 0.118 e. The molecule has 2 rings (SSSR count). The van der Waals surface area contributed by atoms with Gasteiger partial charge in [0.2, 0.25) is 0 Å². The minimum absolute atomic E-state index is 0.466. The number of rotatable bonds is 7. The largest absolute Gasteiger partial charge is 0.497 e. The number of benzene rings is 1. The van der Waals surface area contributed by atoms with Crippen LogP contribution >= 0.6 is 11.3 Å². The van der Waals surface area contributed by atoms with Crippen molar-refractivity contribution in [1.29, 1.82) is 0 Å². The number of methoxy groups -OCH3 is 1. The number of aromatic nitrogens is 1. The number of hydrogen-bond donors (Lipinski definition) is 2. The Morgan fingerprint density at radius 3 is 2.57 bits per heavy atom. The summed E-state index contributed by atoms with van der Waals surface area (Å²) in [5.41, 5.74) is 0.885. The molecule has 4 nitrogen and oxygen atoms in total. The van der Waals surface area contributed by atoms with Gasteiger partial charge in [-0.25, -0.2) is 4.98 Å². The van der Waals surface area contributed by atoms with E-state index in [1.807, 2.05) is 30.5 Å². The van der Waals surface area contributed by atoms with Gasteiger partial charge in [0.05, 0.1) is 18.2 Å². The molecule has 114 valence electrons. The zero-order valence-corrected chi connectivity index (χ0v) is 13.5. The maximum absolute atomic E-state index is 10.1. The van der Waals surface area contributed by atoms with Crippen LogP contribution in [-0.4, -0.2) is 23.7 Å². The molecule has 0 spiro atoms. The third-order valence-corrected chi connectivity index (χ3v) is 4.50. The molecule has 2 N–H and O–H groups in total. The number of aliphatic hydroxyl groups is 1. The van der Waals surface area contributed by atoms with Crippen molar-refractivity contribution in [2.24, 2.45) is 0 Å². The average Bonchev–Trinajstić information content (AvgIpc) is 2.96. The van der Waals surface area contributed by atoms with E-state index >= 15 is 0 Å². The van der Waals surface area contributed by atoms with Gasteiger partial charge in [0, 0.05) is 30.1 Å². The molecule has 0 aliphatic carbocycles. The summed E-state index contributed by atoms with van der Waals surface area (Å²) in [6, 6.07) is 7.48. The molecule has 5 heteroatoms. The fraction of sp³-hybridized carbons (Fsp3) is 0.438. The summed E-state index contributed by atoms with van der Waals surface area (Å²) in [4.78, 5) is 5.59. The molecule has 1 aromatic carbocycles. The lowest BCUT2D eigenvalue weighted by Gasteiger charge is -2.12. The fourth-order valence-corrected chi connectivity index (χ4v) is 2.84. The van der Waals surface area contributed by atoms with E-state index < -0.39 is 6.10 Å². The summed E-state index contributed by atoms with van der Waals surface area (Å²) in [5.74, 6) is 1.26. The lowest BCUT2D eigenvalue weighted by molar-refractivity contribution is 0.174. The minimum atomic E-state index is -0.520. The Hall–Kier alpha value is -1.43. The summed E-state index contributed by atoms with van der Waals surface area (Å²) >= 11 is 1.72. The SMILES string of the molecule is COc1ccc(C(O)CNCc2cnc(C(C)C)s2)cc1. The molecule has 0 bridgehead atoms. The van der Waals surface area contributed by atoms with Gasteiger partial charge in [-0.3, -0.25) is 0 Å². The van der Waals surface area contributed by atoms with E-state index in [1.165, 1.54) is 4.88 Å². The molecule has 21 heavy (non-hydrogen) atoms. The number of aliphatic hydroxyl groups excluding tert-OH is 1. The fourth-order valence-electron chi connectivity index (χ4n) is 1.95. The lowest BCUT2D eigenvalue weighted by atomic mass is 10.1. The second-order valence-corrected chi connectivity index (χ2v) is 6.39. The quantitative estimate of drug-likeness (QED) is 0.825. The summed E-state index contributed by atoms with van der Waals surface area (Å²) in [7, 11) is 1.63. The number of thiazole rings is 1. The molecule has 2 aromatic rings. The van der Waals surface area contributed by atoms with Crippen molar-refractivity contribution >= 4 is 11.3 Å². The van der Waals surface area contributed by atoms with Crippen molar-refractivity contribution in [3.63, 3.8) is 0 Å². The lowest BCUT2D eigenvalue weighted by Crippen LogP contribution is -2.20. The summed E-state index contributed by atoms with van der Waals surface area (Å²) in [5, 5.41) is 14.6. The highest BCUT2D eigenvalue weighted by Crippen LogP contribution is 2.21. The Balaban J connectivity index is 1.81. The Bertz CT molecular complexity index is 552. The van der Waals surface area contributed by atoms with Gasteiger partial charge in [-0.2, -0.15) is 0 Å². The number of nitrogens with zero attached hydrogens (tertiary/aromatic N) is 1. The van der Waals surface area contributed by atoms with Gasteiger partial charge in [0.25, 0.3) is 0 Å². The normalized spacial score (nSPS) is 12.6. The molecule has 0 saturated heterocycles. The third kappa shape index (κ3) is 4.52. The van der Waals surface area contributed by atoms with Crippen LogP contribution in [0.4, 0.5) is 0 Å². The second-order valence-electron chi connectivity index (χ2n) is 5.24. The van der Waals surface area contributed by atoms with Crippen LogP contribution in [-0.2, 0) is 6.54 Å². The van der Waals surface area contributed by atoms with Crippen LogP contribution in [0.1, 0.15) is 41.3 Å². The number of hydrogen-bond acceptors (Lipinski definition) is 5. The molecule has 1 aromatic heterocycles. The van der Waals surface area contributed by atoms with Crippen LogP contribution < -0.4 is 10.1 Å². The van der Waals surface area contributed by atoms with Gasteiger partial charge in [-0.1, -0.05) is 26.0 Å². The molecule has 0 aliphatic rings. The van der Waals surface area contributed by atoms with Crippen LogP contribution in [0, 0.1) is 0 Å². The predicted octanol–water partition coefficient (Wildman–Crippen LogP) is 3.10. The van der Waals surface area contributed by atoms with Crippen molar-refractivity contribution in [1.82, 2.24) is 10.3 Å². The van der Waals surface area contributed by atoms with Crippen molar-refractivity contribution in [2.75, 3.05) is 13.7 Å². The molecular formula is C16H22N2O2S. The first-order valence-corrected chi connectivity index (χ1v) is 7.89. The van der Waals surface area contributed by atoms with E-state index in [9.17, 15) is 5.11 Å². The van der Waals surface area contributed by atoms with Gasteiger partial charge in [-0.15, -0.1) is 11.3 Å². The first kappa shape index (κ1) is 15.9. The molecule has 0 radical (unpaired) electrons. The Morgan fingerprint density at radius 1 is 1.29 bits per heavy atom. The van der Waals surface area contributed by atoms with Gasteiger partial charge >= 0.3 is 0 Å². The van der Waals surface area contributed by atoms with Crippen molar-refractivity contribution in [3.05, 3.63) is 45.9 Å². The van der Waals surface area contributed by atoms with Crippen molar-refractivity contribution < 1.29 is 9.84 Å². The second kappa shape index (κ2) is 7.54. The average molecular weight is 306 g/mol. The summed E-state index contributed by atoms with van der Waals surface area (Å²) in [6.45, 7) is 5.53.